The lowest BCUT2D eigenvalue weighted by molar-refractivity contribution is 0.162. The van der Waals surface area contributed by atoms with E-state index in [1.807, 2.05) is 12.1 Å². The third-order valence-corrected chi connectivity index (χ3v) is 3.23. The molecule has 1 aromatic rings. The number of aliphatic hydroxyl groups excluding tert-OH is 1. The van der Waals surface area contributed by atoms with Crippen molar-refractivity contribution in [2.45, 2.75) is 45.7 Å². The van der Waals surface area contributed by atoms with Crippen molar-refractivity contribution >= 4 is 0 Å². The number of aryl methyl sites for hydroxylation is 1. The predicted molar refractivity (Wildman–Crippen MR) is 68.5 cm³/mol. The Morgan fingerprint density at radius 3 is 2.50 bits per heavy atom. The molecule has 0 heterocycles. The standard InChI is InChI=1S/C14H23NO/c1-5-12(3)15-14(4,10-16)13-9-7-6-8-11(13)2/h6-9,12,15-16H,5,10H2,1-4H3. The van der Waals surface area contributed by atoms with E-state index in [1.54, 1.807) is 0 Å². The van der Waals surface area contributed by atoms with E-state index < -0.39 is 0 Å². The van der Waals surface area contributed by atoms with Crippen LogP contribution in [0.3, 0.4) is 0 Å². The molecule has 90 valence electrons. The average Bonchev–Trinajstić information content (AvgIpc) is 2.29. The van der Waals surface area contributed by atoms with Crippen LogP contribution >= 0.6 is 0 Å². The zero-order chi connectivity index (χ0) is 12.2. The summed E-state index contributed by atoms with van der Waals surface area (Å²) in [7, 11) is 0. The van der Waals surface area contributed by atoms with Gasteiger partial charge in [-0.1, -0.05) is 31.2 Å². The molecule has 0 saturated heterocycles. The van der Waals surface area contributed by atoms with E-state index >= 15 is 0 Å². The fraction of sp³-hybridized carbons (Fsp3) is 0.571. The van der Waals surface area contributed by atoms with Crippen molar-refractivity contribution in [3.63, 3.8) is 0 Å². The highest BCUT2D eigenvalue weighted by Crippen LogP contribution is 2.24. The second-order valence-electron chi connectivity index (χ2n) is 4.76. The molecule has 0 amide bonds. The van der Waals surface area contributed by atoms with Crippen molar-refractivity contribution < 1.29 is 5.11 Å². The van der Waals surface area contributed by atoms with E-state index in [-0.39, 0.29) is 12.1 Å². The van der Waals surface area contributed by atoms with Gasteiger partial charge in [-0.05, 0) is 38.3 Å². The lowest BCUT2D eigenvalue weighted by Crippen LogP contribution is -2.47. The summed E-state index contributed by atoms with van der Waals surface area (Å²) in [4.78, 5) is 0. The smallest absolute Gasteiger partial charge is 0.0652 e. The van der Waals surface area contributed by atoms with Crippen molar-refractivity contribution in [2.75, 3.05) is 6.61 Å². The van der Waals surface area contributed by atoms with Gasteiger partial charge in [0.2, 0.25) is 0 Å². The first-order valence-corrected chi connectivity index (χ1v) is 5.98. The molecule has 1 aromatic carbocycles. The van der Waals surface area contributed by atoms with E-state index in [2.05, 4.69) is 45.1 Å². The molecular formula is C14H23NO. The van der Waals surface area contributed by atoms with Crippen LogP contribution in [0.15, 0.2) is 24.3 Å². The van der Waals surface area contributed by atoms with Crippen LogP contribution in [-0.4, -0.2) is 17.8 Å². The number of hydrogen-bond acceptors (Lipinski definition) is 2. The van der Waals surface area contributed by atoms with Crippen molar-refractivity contribution in [1.82, 2.24) is 5.32 Å². The Morgan fingerprint density at radius 1 is 1.38 bits per heavy atom. The minimum atomic E-state index is -0.346. The minimum Gasteiger partial charge on any atom is -0.394 e. The molecule has 2 atom stereocenters. The first kappa shape index (κ1) is 13.2. The number of aliphatic hydroxyl groups is 1. The summed E-state index contributed by atoms with van der Waals surface area (Å²) in [6.07, 6.45) is 1.06. The van der Waals surface area contributed by atoms with Crippen molar-refractivity contribution in [1.29, 1.82) is 0 Å². The topological polar surface area (TPSA) is 32.3 Å². The maximum absolute atomic E-state index is 9.65. The first-order valence-electron chi connectivity index (χ1n) is 5.98. The van der Waals surface area contributed by atoms with Gasteiger partial charge < -0.3 is 10.4 Å². The molecule has 0 aliphatic rings. The molecule has 0 bridgehead atoms. The third-order valence-electron chi connectivity index (χ3n) is 3.23. The summed E-state index contributed by atoms with van der Waals surface area (Å²) in [6, 6.07) is 8.62. The van der Waals surface area contributed by atoms with Crippen LogP contribution in [0.4, 0.5) is 0 Å². The Hall–Kier alpha value is -0.860. The van der Waals surface area contributed by atoms with E-state index in [4.69, 9.17) is 0 Å². The van der Waals surface area contributed by atoms with E-state index in [1.165, 1.54) is 11.1 Å². The van der Waals surface area contributed by atoms with E-state index in [0.717, 1.165) is 6.42 Å². The molecule has 2 heteroatoms. The normalized spacial score (nSPS) is 16.8. The van der Waals surface area contributed by atoms with Gasteiger partial charge in [0.15, 0.2) is 0 Å². The molecule has 0 aliphatic carbocycles. The Kier molecular flexibility index (Phi) is 4.51. The zero-order valence-corrected chi connectivity index (χ0v) is 10.7. The fourth-order valence-corrected chi connectivity index (χ4v) is 2.05. The molecular weight excluding hydrogens is 198 g/mol. The van der Waals surface area contributed by atoms with Gasteiger partial charge in [-0.15, -0.1) is 0 Å². The molecule has 0 fully saturated rings. The predicted octanol–water partition coefficient (Wildman–Crippen LogP) is 2.59. The van der Waals surface area contributed by atoms with Crippen LogP contribution in [-0.2, 0) is 5.54 Å². The number of nitrogens with one attached hydrogen (secondary N) is 1. The summed E-state index contributed by atoms with van der Waals surface area (Å²) in [5.41, 5.74) is 2.05. The second-order valence-corrected chi connectivity index (χ2v) is 4.76. The molecule has 2 N–H and O–H groups in total. The molecule has 0 spiro atoms. The maximum atomic E-state index is 9.65. The lowest BCUT2D eigenvalue weighted by Gasteiger charge is -2.33. The third kappa shape index (κ3) is 2.83. The molecule has 2 unspecified atom stereocenters. The monoisotopic (exact) mass is 221 g/mol. The summed E-state index contributed by atoms with van der Waals surface area (Å²) in [5, 5.41) is 13.1. The Balaban J connectivity index is 3.00. The van der Waals surface area contributed by atoms with Gasteiger partial charge in [0.05, 0.1) is 12.1 Å². The second kappa shape index (κ2) is 5.46. The van der Waals surface area contributed by atoms with E-state index in [9.17, 15) is 5.11 Å². The highest BCUT2D eigenvalue weighted by atomic mass is 16.3. The highest BCUT2D eigenvalue weighted by Gasteiger charge is 2.27. The Morgan fingerprint density at radius 2 is 2.00 bits per heavy atom. The van der Waals surface area contributed by atoms with Gasteiger partial charge in [-0.3, -0.25) is 0 Å². The maximum Gasteiger partial charge on any atom is 0.0652 e. The van der Waals surface area contributed by atoms with Gasteiger partial charge in [0.1, 0.15) is 0 Å². The summed E-state index contributed by atoms with van der Waals surface area (Å²) in [6.45, 7) is 8.55. The molecule has 0 radical (unpaired) electrons. The Labute approximate surface area is 98.7 Å². The molecule has 1 rings (SSSR count). The largest absolute Gasteiger partial charge is 0.394 e. The van der Waals surface area contributed by atoms with Crippen LogP contribution in [0, 0.1) is 6.92 Å². The molecule has 0 aromatic heterocycles. The van der Waals surface area contributed by atoms with Gasteiger partial charge in [0, 0.05) is 6.04 Å². The van der Waals surface area contributed by atoms with Crippen LogP contribution in [0.1, 0.15) is 38.3 Å². The van der Waals surface area contributed by atoms with Crippen molar-refractivity contribution in [2.24, 2.45) is 0 Å². The quantitative estimate of drug-likeness (QED) is 0.801. The minimum absolute atomic E-state index is 0.113. The number of hydrogen-bond donors (Lipinski definition) is 2. The summed E-state index contributed by atoms with van der Waals surface area (Å²) >= 11 is 0. The molecule has 0 saturated carbocycles. The summed E-state index contributed by atoms with van der Waals surface area (Å²) in [5.74, 6) is 0. The SMILES string of the molecule is CCC(C)NC(C)(CO)c1ccccc1C. The lowest BCUT2D eigenvalue weighted by atomic mass is 9.88. The Bertz CT molecular complexity index is 337. The van der Waals surface area contributed by atoms with Crippen LogP contribution < -0.4 is 5.32 Å². The number of rotatable bonds is 5. The molecule has 0 aliphatic heterocycles. The fourth-order valence-electron chi connectivity index (χ4n) is 2.05. The van der Waals surface area contributed by atoms with Crippen LogP contribution in [0.2, 0.25) is 0 Å². The van der Waals surface area contributed by atoms with Gasteiger partial charge in [0.25, 0.3) is 0 Å². The first-order chi connectivity index (χ1) is 7.53. The van der Waals surface area contributed by atoms with Gasteiger partial charge >= 0.3 is 0 Å². The van der Waals surface area contributed by atoms with Crippen molar-refractivity contribution in [3.8, 4) is 0 Å². The number of benzene rings is 1. The van der Waals surface area contributed by atoms with Crippen molar-refractivity contribution in [3.05, 3.63) is 35.4 Å². The van der Waals surface area contributed by atoms with Gasteiger partial charge in [-0.25, -0.2) is 0 Å². The zero-order valence-electron chi connectivity index (χ0n) is 10.7. The molecule has 2 nitrogen and oxygen atoms in total. The molecule has 16 heavy (non-hydrogen) atoms. The van der Waals surface area contributed by atoms with Crippen LogP contribution in [0.5, 0.6) is 0 Å². The van der Waals surface area contributed by atoms with Gasteiger partial charge in [-0.2, -0.15) is 0 Å². The summed E-state index contributed by atoms with van der Waals surface area (Å²) < 4.78 is 0. The average molecular weight is 221 g/mol. The van der Waals surface area contributed by atoms with Crippen LogP contribution in [0.25, 0.3) is 0 Å². The highest BCUT2D eigenvalue weighted by molar-refractivity contribution is 5.32. The van der Waals surface area contributed by atoms with E-state index in [0.29, 0.717) is 6.04 Å².